The van der Waals surface area contributed by atoms with Gasteiger partial charge in [-0.1, -0.05) is 30.3 Å². The summed E-state index contributed by atoms with van der Waals surface area (Å²) < 4.78 is 5.64. The van der Waals surface area contributed by atoms with Crippen molar-refractivity contribution in [1.29, 1.82) is 0 Å². The number of nitrogens with one attached hydrogen (secondary N) is 2. The summed E-state index contributed by atoms with van der Waals surface area (Å²) in [6.45, 7) is 11.0. The van der Waals surface area contributed by atoms with Gasteiger partial charge in [-0.05, 0) is 64.4 Å². The van der Waals surface area contributed by atoms with Gasteiger partial charge in [-0.15, -0.1) is 0 Å². The molecule has 1 unspecified atom stereocenters. The summed E-state index contributed by atoms with van der Waals surface area (Å²) in [4.78, 5) is 4.50. The molecule has 0 aliphatic heterocycles. The van der Waals surface area contributed by atoms with Crippen LogP contribution in [0.4, 0.5) is 5.69 Å². The molecular formula is C22H32N4O. The minimum atomic E-state index is -0.184. The van der Waals surface area contributed by atoms with Gasteiger partial charge in [0.15, 0.2) is 5.96 Å². The molecule has 0 amide bonds. The van der Waals surface area contributed by atoms with Gasteiger partial charge in [-0.25, -0.2) is 0 Å². The first-order valence-corrected chi connectivity index (χ1v) is 9.41. The van der Waals surface area contributed by atoms with Gasteiger partial charge in [0.25, 0.3) is 0 Å². The average Bonchev–Trinajstić information content (AvgIpc) is 2.62. The molecule has 4 N–H and O–H groups in total. The van der Waals surface area contributed by atoms with E-state index in [1.807, 2.05) is 44.2 Å². The molecule has 0 aliphatic rings. The first kappa shape index (κ1) is 20.8. The van der Waals surface area contributed by atoms with Crippen molar-refractivity contribution in [2.75, 3.05) is 11.9 Å². The minimum Gasteiger partial charge on any atom is -0.491 e. The summed E-state index contributed by atoms with van der Waals surface area (Å²) in [5.41, 5.74) is 8.01. The largest absolute Gasteiger partial charge is 0.491 e. The van der Waals surface area contributed by atoms with Crippen LogP contribution in [-0.4, -0.2) is 24.1 Å². The maximum atomic E-state index is 6.05. The van der Waals surface area contributed by atoms with E-state index in [1.54, 1.807) is 0 Å². The smallest absolute Gasteiger partial charge is 0.193 e. The van der Waals surface area contributed by atoms with Crippen molar-refractivity contribution in [3.8, 4) is 5.75 Å². The molecule has 0 saturated carbocycles. The zero-order chi connectivity index (χ0) is 19.9. The molecule has 2 aromatic carbocycles. The fourth-order valence-corrected chi connectivity index (χ4v) is 2.82. The van der Waals surface area contributed by atoms with Crippen molar-refractivity contribution < 1.29 is 4.74 Å². The quantitative estimate of drug-likeness (QED) is 0.479. The van der Waals surface area contributed by atoms with Gasteiger partial charge in [-0.2, -0.15) is 0 Å². The van der Waals surface area contributed by atoms with E-state index >= 15 is 0 Å². The van der Waals surface area contributed by atoms with E-state index in [1.165, 1.54) is 5.56 Å². The van der Waals surface area contributed by atoms with Gasteiger partial charge in [0.1, 0.15) is 5.75 Å². The predicted octanol–water partition coefficient (Wildman–Crippen LogP) is 4.33. The Hall–Kier alpha value is -2.53. The Morgan fingerprint density at radius 3 is 2.26 bits per heavy atom. The average molecular weight is 369 g/mol. The first-order valence-electron chi connectivity index (χ1n) is 9.41. The lowest BCUT2D eigenvalue weighted by Gasteiger charge is -2.29. The summed E-state index contributed by atoms with van der Waals surface area (Å²) in [7, 11) is 0. The third-order valence-corrected chi connectivity index (χ3v) is 4.05. The molecule has 0 aliphatic carbocycles. The first-order chi connectivity index (χ1) is 12.7. The Morgan fingerprint density at radius 2 is 1.67 bits per heavy atom. The molecule has 27 heavy (non-hydrogen) atoms. The maximum absolute atomic E-state index is 6.05. The monoisotopic (exact) mass is 368 g/mol. The van der Waals surface area contributed by atoms with Crippen LogP contribution in [0.5, 0.6) is 5.75 Å². The van der Waals surface area contributed by atoms with Crippen molar-refractivity contribution in [3.63, 3.8) is 0 Å². The number of hydrogen-bond donors (Lipinski definition) is 3. The van der Waals surface area contributed by atoms with Gasteiger partial charge >= 0.3 is 0 Å². The van der Waals surface area contributed by atoms with Gasteiger partial charge in [0.2, 0.25) is 0 Å². The lowest BCUT2D eigenvalue weighted by atomic mass is 10.0. The summed E-state index contributed by atoms with van der Waals surface area (Å²) in [6, 6.07) is 18.3. The van der Waals surface area contributed by atoms with E-state index in [4.69, 9.17) is 10.5 Å². The highest BCUT2D eigenvalue weighted by Crippen LogP contribution is 2.18. The molecule has 0 saturated heterocycles. The SMILES string of the molecule is CC(C)Oc1ccc(NC(N)=NCC(C)(C)NC(C)c2ccccc2)cc1. The van der Waals surface area contributed by atoms with E-state index in [0.29, 0.717) is 12.5 Å². The summed E-state index contributed by atoms with van der Waals surface area (Å²) >= 11 is 0. The van der Waals surface area contributed by atoms with E-state index in [0.717, 1.165) is 11.4 Å². The highest BCUT2D eigenvalue weighted by Gasteiger charge is 2.20. The molecule has 2 aromatic rings. The molecule has 0 heterocycles. The van der Waals surface area contributed by atoms with Gasteiger partial charge in [-0.3, -0.25) is 4.99 Å². The molecule has 0 fully saturated rings. The number of aliphatic imine (C=N–C) groups is 1. The highest BCUT2D eigenvalue weighted by atomic mass is 16.5. The van der Waals surface area contributed by atoms with Crippen LogP contribution >= 0.6 is 0 Å². The Bertz CT molecular complexity index is 724. The molecule has 1 atom stereocenters. The van der Waals surface area contributed by atoms with Crippen molar-refractivity contribution in [1.82, 2.24) is 5.32 Å². The van der Waals surface area contributed by atoms with E-state index in [-0.39, 0.29) is 17.7 Å². The normalized spacial score (nSPS) is 13.5. The lowest BCUT2D eigenvalue weighted by molar-refractivity contribution is 0.242. The molecule has 0 spiro atoms. The maximum Gasteiger partial charge on any atom is 0.193 e. The molecule has 2 rings (SSSR count). The van der Waals surface area contributed by atoms with Crippen LogP contribution in [0.15, 0.2) is 59.6 Å². The van der Waals surface area contributed by atoms with Gasteiger partial charge in [0.05, 0.1) is 12.6 Å². The summed E-state index contributed by atoms with van der Waals surface area (Å²) in [5.74, 6) is 1.24. The van der Waals surface area contributed by atoms with E-state index in [9.17, 15) is 0 Å². The number of guanidine groups is 1. The molecule has 146 valence electrons. The van der Waals surface area contributed by atoms with E-state index < -0.39 is 0 Å². The second-order valence-corrected chi connectivity index (χ2v) is 7.68. The minimum absolute atomic E-state index is 0.156. The van der Waals surface area contributed by atoms with Crippen LogP contribution in [0.3, 0.4) is 0 Å². The van der Waals surface area contributed by atoms with Crippen molar-refractivity contribution in [2.45, 2.75) is 52.3 Å². The van der Waals surface area contributed by atoms with Crippen molar-refractivity contribution in [2.24, 2.45) is 10.7 Å². The molecule has 0 aromatic heterocycles. The van der Waals surface area contributed by atoms with Gasteiger partial charge in [0, 0.05) is 17.3 Å². The summed E-state index contributed by atoms with van der Waals surface area (Å²) in [6.07, 6.45) is 0.156. The van der Waals surface area contributed by atoms with Crippen molar-refractivity contribution >= 4 is 11.6 Å². The topological polar surface area (TPSA) is 71.7 Å². The Kier molecular flexibility index (Phi) is 7.25. The number of nitrogens with two attached hydrogens (primary N) is 1. The molecule has 5 nitrogen and oxygen atoms in total. The van der Waals surface area contributed by atoms with Crippen LogP contribution in [0.2, 0.25) is 0 Å². The number of rotatable bonds is 8. The molecule has 0 bridgehead atoms. The number of anilines is 1. The zero-order valence-electron chi connectivity index (χ0n) is 17.0. The summed E-state index contributed by atoms with van der Waals surface area (Å²) in [5, 5.41) is 6.73. The number of hydrogen-bond acceptors (Lipinski definition) is 3. The van der Waals surface area contributed by atoms with Crippen LogP contribution in [0.25, 0.3) is 0 Å². The van der Waals surface area contributed by atoms with Crippen LogP contribution in [0, 0.1) is 0 Å². The standard InChI is InChI=1S/C22H32N4O/c1-16(2)27-20-13-11-19(12-14-20)25-21(23)24-15-22(4,5)26-17(3)18-9-7-6-8-10-18/h6-14,16-17,26H,15H2,1-5H3,(H3,23,24,25). The molecular weight excluding hydrogens is 336 g/mol. The fraction of sp³-hybridized carbons (Fsp3) is 0.409. The Morgan fingerprint density at radius 1 is 1.04 bits per heavy atom. The number of ether oxygens (including phenoxy) is 1. The Labute approximate surface area is 163 Å². The Balaban J connectivity index is 1.89. The number of nitrogens with zero attached hydrogens (tertiary/aromatic N) is 1. The predicted molar refractivity (Wildman–Crippen MR) is 114 cm³/mol. The second-order valence-electron chi connectivity index (χ2n) is 7.68. The molecule has 0 radical (unpaired) electrons. The zero-order valence-corrected chi connectivity index (χ0v) is 17.0. The third-order valence-electron chi connectivity index (χ3n) is 4.05. The van der Waals surface area contributed by atoms with Crippen LogP contribution in [-0.2, 0) is 0 Å². The van der Waals surface area contributed by atoms with E-state index in [2.05, 4.69) is 60.7 Å². The second kappa shape index (κ2) is 9.42. The lowest BCUT2D eigenvalue weighted by Crippen LogP contribution is -2.44. The number of benzene rings is 2. The highest BCUT2D eigenvalue weighted by molar-refractivity contribution is 5.92. The van der Waals surface area contributed by atoms with Crippen LogP contribution in [0.1, 0.15) is 46.2 Å². The fourth-order valence-electron chi connectivity index (χ4n) is 2.82. The molecule has 5 heteroatoms. The van der Waals surface area contributed by atoms with Gasteiger partial charge < -0.3 is 21.1 Å². The van der Waals surface area contributed by atoms with Crippen molar-refractivity contribution in [3.05, 3.63) is 60.2 Å². The third kappa shape index (κ3) is 7.31. The van der Waals surface area contributed by atoms with Crippen LogP contribution < -0.4 is 21.1 Å².